The van der Waals surface area contributed by atoms with Crippen LogP contribution >= 0.6 is 11.5 Å². The number of amides is 2. The molecule has 1 aromatic heterocycles. The fraction of sp³-hybridized carbons (Fsp3) is 0.190. The molecule has 1 heterocycles. The maximum Gasteiger partial charge on any atom is 0.274 e. The smallest absolute Gasteiger partial charge is 0.274 e. The van der Waals surface area contributed by atoms with Crippen LogP contribution in [0.4, 0.5) is 10.7 Å². The normalized spacial score (nSPS) is 11.0. The lowest BCUT2D eigenvalue weighted by molar-refractivity contribution is 0.0846. The molecule has 0 spiro atoms. The SMILES string of the molecule is CNc1snc(C)c1C(=O)NNC(=O)c1cccc(S(=O)(=O)Nc2ccc(C)cc2C)c1. The third-order valence-electron chi connectivity index (χ3n) is 4.64. The van der Waals surface area contributed by atoms with Crippen LogP contribution in [0.15, 0.2) is 47.4 Å². The van der Waals surface area contributed by atoms with Gasteiger partial charge in [0.2, 0.25) is 0 Å². The molecule has 0 atom stereocenters. The Labute approximate surface area is 190 Å². The molecule has 0 aliphatic heterocycles. The summed E-state index contributed by atoms with van der Waals surface area (Å²) >= 11 is 1.13. The van der Waals surface area contributed by atoms with Crippen LogP contribution < -0.4 is 20.9 Å². The highest BCUT2D eigenvalue weighted by molar-refractivity contribution is 7.92. The van der Waals surface area contributed by atoms with Gasteiger partial charge in [-0.3, -0.25) is 25.2 Å². The van der Waals surface area contributed by atoms with E-state index in [4.69, 9.17) is 0 Å². The second-order valence-corrected chi connectivity index (χ2v) is 9.54. The van der Waals surface area contributed by atoms with Crippen molar-refractivity contribution in [3.8, 4) is 0 Å². The van der Waals surface area contributed by atoms with Crippen molar-refractivity contribution in [1.82, 2.24) is 15.2 Å². The van der Waals surface area contributed by atoms with Gasteiger partial charge in [-0.2, -0.15) is 4.37 Å². The Balaban J connectivity index is 1.74. The Morgan fingerprint density at radius 1 is 0.969 bits per heavy atom. The number of carbonyl (C=O) groups is 2. The minimum atomic E-state index is -3.92. The summed E-state index contributed by atoms with van der Waals surface area (Å²) in [4.78, 5) is 24.9. The number of anilines is 2. The first-order valence-corrected chi connectivity index (χ1v) is 11.8. The molecule has 0 fully saturated rings. The van der Waals surface area contributed by atoms with Gasteiger partial charge in [-0.15, -0.1) is 0 Å². The average Bonchev–Trinajstić information content (AvgIpc) is 3.14. The fourth-order valence-electron chi connectivity index (χ4n) is 2.99. The average molecular weight is 474 g/mol. The first kappa shape index (κ1) is 23.2. The van der Waals surface area contributed by atoms with Crippen LogP contribution in [0.3, 0.4) is 0 Å². The molecule has 0 aliphatic carbocycles. The summed E-state index contributed by atoms with van der Waals surface area (Å²) in [6, 6.07) is 10.9. The summed E-state index contributed by atoms with van der Waals surface area (Å²) in [5.74, 6) is -1.19. The summed E-state index contributed by atoms with van der Waals surface area (Å²) in [6.07, 6.45) is 0. The highest BCUT2D eigenvalue weighted by Gasteiger charge is 2.20. The van der Waals surface area contributed by atoms with Crippen molar-refractivity contribution in [1.29, 1.82) is 0 Å². The molecule has 3 aromatic rings. The van der Waals surface area contributed by atoms with Gasteiger partial charge in [0.15, 0.2) is 0 Å². The van der Waals surface area contributed by atoms with Crippen molar-refractivity contribution in [2.75, 3.05) is 17.1 Å². The summed E-state index contributed by atoms with van der Waals surface area (Å²) in [5.41, 5.74) is 7.81. The van der Waals surface area contributed by atoms with E-state index >= 15 is 0 Å². The number of aryl methyl sites for hydroxylation is 3. The van der Waals surface area contributed by atoms with E-state index in [0.29, 0.717) is 21.9 Å². The van der Waals surface area contributed by atoms with Crippen molar-refractivity contribution in [3.05, 3.63) is 70.4 Å². The van der Waals surface area contributed by atoms with Crippen LogP contribution in [0.1, 0.15) is 37.5 Å². The van der Waals surface area contributed by atoms with Crippen LogP contribution in [-0.4, -0.2) is 31.7 Å². The number of hydrazine groups is 1. The summed E-state index contributed by atoms with van der Waals surface area (Å²) in [6.45, 7) is 5.41. The van der Waals surface area contributed by atoms with Crippen molar-refractivity contribution in [3.63, 3.8) is 0 Å². The Hall–Kier alpha value is -3.44. The minimum Gasteiger partial charge on any atom is -0.378 e. The molecule has 0 saturated heterocycles. The maximum absolute atomic E-state index is 12.8. The van der Waals surface area contributed by atoms with E-state index < -0.39 is 21.8 Å². The Morgan fingerprint density at radius 2 is 1.69 bits per heavy atom. The molecule has 9 nitrogen and oxygen atoms in total. The zero-order chi connectivity index (χ0) is 23.5. The van der Waals surface area contributed by atoms with E-state index in [-0.39, 0.29) is 10.5 Å². The molecule has 0 radical (unpaired) electrons. The van der Waals surface area contributed by atoms with Crippen LogP contribution in [0, 0.1) is 20.8 Å². The van der Waals surface area contributed by atoms with E-state index in [9.17, 15) is 18.0 Å². The zero-order valence-corrected chi connectivity index (χ0v) is 19.6. The molecule has 11 heteroatoms. The topological polar surface area (TPSA) is 129 Å². The molecular weight excluding hydrogens is 450 g/mol. The van der Waals surface area contributed by atoms with Gasteiger partial charge >= 0.3 is 0 Å². The van der Waals surface area contributed by atoms with Gasteiger partial charge in [0.1, 0.15) is 5.00 Å². The molecule has 0 aliphatic rings. The monoisotopic (exact) mass is 473 g/mol. The highest BCUT2D eigenvalue weighted by atomic mass is 32.2. The van der Waals surface area contributed by atoms with E-state index in [0.717, 1.165) is 22.7 Å². The minimum absolute atomic E-state index is 0.0720. The van der Waals surface area contributed by atoms with Gasteiger partial charge in [0.05, 0.1) is 21.8 Å². The number of carbonyl (C=O) groups excluding carboxylic acids is 2. The number of rotatable bonds is 6. The van der Waals surface area contributed by atoms with Crippen LogP contribution in [0.5, 0.6) is 0 Å². The van der Waals surface area contributed by atoms with Crippen molar-refractivity contribution < 1.29 is 18.0 Å². The van der Waals surface area contributed by atoms with E-state index in [1.165, 1.54) is 24.3 Å². The molecule has 168 valence electrons. The number of nitrogens with zero attached hydrogens (tertiary/aromatic N) is 1. The predicted molar refractivity (Wildman–Crippen MR) is 124 cm³/mol. The molecule has 2 amide bonds. The lowest BCUT2D eigenvalue weighted by Crippen LogP contribution is -2.42. The molecule has 3 rings (SSSR count). The van der Waals surface area contributed by atoms with Gasteiger partial charge in [0, 0.05) is 12.6 Å². The molecule has 2 aromatic carbocycles. The number of hydrogen-bond donors (Lipinski definition) is 4. The van der Waals surface area contributed by atoms with Crippen molar-refractivity contribution in [2.45, 2.75) is 25.7 Å². The molecule has 0 unspecified atom stereocenters. The van der Waals surface area contributed by atoms with Gasteiger partial charge < -0.3 is 5.32 Å². The molecule has 4 N–H and O–H groups in total. The van der Waals surface area contributed by atoms with Gasteiger partial charge in [-0.25, -0.2) is 8.42 Å². The third-order valence-corrected chi connectivity index (χ3v) is 6.96. The lowest BCUT2D eigenvalue weighted by Gasteiger charge is -2.12. The number of nitrogens with one attached hydrogen (secondary N) is 4. The van der Waals surface area contributed by atoms with Gasteiger partial charge in [-0.1, -0.05) is 23.8 Å². The molecular formula is C21H23N5O4S2. The number of benzene rings is 2. The molecule has 0 saturated carbocycles. The van der Waals surface area contributed by atoms with E-state index in [1.54, 1.807) is 20.0 Å². The van der Waals surface area contributed by atoms with E-state index in [2.05, 4.69) is 25.3 Å². The Kier molecular flexibility index (Phi) is 6.80. The van der Waals surface area contributed by atoms with Crippen LogP contribution in [0.25, 0.3) is 0 Å². The number of hydrogen-bond acceptors (Lipinski definition) is 7. The fourth-order valence-corrected chi connectivity index (χ4v) is 4.91. The summed E-state index contributed by atoms with van der Waals surface area (Å²) in [5, 5.41) is 3.45. The maximum atomic E-state index is 12.8. The van der Waals surface area contributed by atoms with Crippen molar-refractivity contribution >= 4 is 44.1 Å². The quantitative estimate of drug-likeness (QED) is 0.407. The Bertz CT molecular complexity index is 1290. The lowest BCUT2D eigenvalue weighted by atomic mass is 10.1. The van der Waals surface area contributed by atoms with Gasteiger partial charge in [0.25, 0.3) is 21.8 Å². The second-order valence-electron chi connectivity index (χ2n) is 7.08. The first-order valence-electron chi connectivity index (χ1n) is 9.57. The summed E-state index contributed by atoms with van der Waals surface area (Å²) < 4.78 is 32.3. The number of sulfonamides is 1. The van der Waals surface area contributed by atoms with Crippen molar-refractivity contribution in [2.24, 2.45) is 0 Å². The zero-order valence-electron chi connectivity index (χ0n) is 17.9. The van der Waals surface area contributed by atoms with Gasteiger partial charge in [-0.05, 0) is 62.1 Å². The predicted octanol–water partition coefficient (Wildman–Crippen LogP) is 2.99. The first-order chi connectivity index (χ1) is 15.1. The largest absolute Gasteiger partial charge is 0.378 e. The second kappa shape index (κ2) is 9.37. The van der Waals surface area contributed by atoms with E-state index in [1.807, 2.05) is 26.0 Å². The number of aromatic nitrogens is 1. The third kappa shape index (κ3) is 5.06. The summed E-state index contributed by atoms with van der Waals surface area (Å²) in [7, 11) is -2.25. The highest BCUT2D eigenvalue weighted by Crippen LogP contribution is 2.24. The van der Waals surface area contributed by atoms with Crippen LogP contribution in [0.2, 0.25) is 0 Å². The molecule has 32 heavy (non-hydrogen) atoms. The van der Waals surface area contributed by atoms with Crippen LogP contribution in [-0.2, 0) is 10.0 Å². The molecule has 0 bridgehead atoms. The Morgan fingerprint density at radius 3 is 2.38 bits per heavy atom. The standard InChI is InChI=1S/C21H23N5O4S2/c1-12-8-9-17(13(2)10-12)26-32(29,30)16-7-5-6-15(11-16)19(27)23-24-20(28)18-14(3)25-31-21(18)22-4/h5-11,22,26H,1-4H3,(H,23,27)(H,24,28).